The highest BCUT2D eigenvalue weighted by atomic mass is 35.5. The van der Waals surface area contributed by atoms with E-state index in [1.807, 2.05) is 24.0 Å². The number of piperidine rings is 1. The van der Waals surface area contributed by atoms with Gasteiger partial charge >= 0.3 is 0 Å². The summed E-state index contributed by atoms with van der Waals surface area (Å²) in [6, 6.07) is 6.80. The summed E-state index contributed by atoms with van der Waals surface area (Å²) in [5, 5.41) is 5.39. The third-order valence-corrected chi connectivity index (χ3v) is 6.34. The molecule has 26 heavy (non-hydrogen) atoms. The van der Waals surface area contributed by atoms with Crippen LogP contribution >= 0.6 is 11.6 Å². The van der Waals surface area contributed by atoms with Crippen LogP contribution in [0.15, 0.2) is 24.4 Å². The van der Waals surface area contributed by atoms with Crippen molar-refractivity contribution in [2.24, 2.45) is 13.0 Å². The second kappa shape index (κ2) is 7.67. The minimum absolute atomic E-state index is 0.596. The van der Waals surface area contributed by atoms with E-state index in [4.69, 9.17) is 11.6 Å². The summed E-state index contributed by atoms with van der Waals surface area (Å²) in [6.45, 7) is 7.49. The zero-order chi connectivity index (χ0) is 18.1. The number of hydrogen-bond acceptors (Lipinski definition) is 4. The van der Waals surface area contributed by atoms with Gasteiger partial charge in [-0.3, -0.25) is 19.5 Å². The van der Waals surface area contributed by atoms with E-state index in [9.17, 15) is 0 Å². The molecule has 0 saturated carbocycles. The van der Waals surface area contributed by atoms with Crippen molar-refractivity contribution in [3.8, 4) is 0 Å². The lowest BCUT2D eigenvalue weighted by molar-refractivity contribution is 0.122. The van der Waals surface area contributed by atoms with E-state index >= 15 is 0 Å². The largest absolute Gasteiger partial charge is 0.296 e. The van der Waals surface area contributed by atoms with E-state index in [-0.39, 0.29) is 0 Å². The maximum Gasteiger partial charge on any atom is 0.131 e. The van der Waals surface area contributed by atoms with Gasteiger partial charge in [0.25, 0.3) is 0 Å². The molecule has 3 aliphatic heterocycles. The lowest BCUT2D eigenvalue weighted by Crippen LogP contribution is -2.43. The molecular formula is C20H28ClN5. The molecule has 2 aromatic heterocycles. The monoisotopic (exact) mass is 373 g/mol. The number of aryl methyl sites for hydroxylation is 2. The molecule has 2 bridgehead atoms. The van der Waals surface area contributed by atoms with Gasteiger partial charge in [-0.05, 0) is 37.3 Å². The average molecular weight is 374 g/mol. The van der Waals surface area contributed by atoms with Crippen molar-refractivity contribution >= 4 is 11.6 Å². The Morgan fingerprint density at radius 3 is 2.81 bits per heavy atom. The van der Waals surface area contributed by atoms with Crippen LogP contribution in [-0.4, -0.2) is 50.2 Å². The molecule has 2 atom stereocenters. The summed E-state index contributed by atoms with van der Waals surface area (Å²) in [4.78, 5) is 9.75. The Morgan fingerprint density at radius 1 is 1.15 bits per heavy atom. The molecule has 0 radical (unpaired) electrons. The normalized spacial score (nSPS) is 24.1. The number of nitrogens with zero attached hydrogens (tertiary/aromatic N) is 5. The van der Waals surface area contributed by atoms with Crippen molar-refractivity contribution in [3.05, 3.63) is 46.5 Å². The van der Waals surface area contributed by atoms with Crippen LogP contribution in [0.25, 0.3) is 0 Å². The smallest absolute Gasteiger partial charge is 0.131 e. The van der Waals surface area contributed by atoms with E-state index in [0.29, 0.717) is 6.04 Å². The molecule has 3 fully saturated rings. The van der Waals surface area contributed by atoms with E-state index in [1.165, 1.54) is 30.6 Å². The summed E-state index contributed by atoms with van der Waals surface area (Å²) >= 11 is 6.55. The minimum atomic E-state index is 0.596. The standard InChI is InChI=1S/C20H28ClN5/c1-3-19-18(20(21)24(2)23-19)14-26-11-15-7-8-17(26)13-25(10-15)12-16-6-4-5-9-22-16/h4-6,9,15,17H,3,7-8,10-14H2,1-2H3. The number of rotatable bonds is 5. The molecule has 0 aliphatic carbocycles. The highest BCUT2D eigenvalue weighted by Crippen LogP contribution is 2.31. The van der Waals surface area contributed by atoms with Gasteiger partial charge in [0.2, 0.25) is 0 Å². The van der Waals surface area contributed by atoms with Gasteiger partial charge < -0.3 is 0 Å². The van der Waals surface area contributed by atoms with Crippen molar-refractivity contribution in [2.75, 3.05) is 19.6 Å². The van der Waals surface area contributed by atoms with Crippen LogP contribution in [0.3, 0.4) is 0 Å². The van der Waals surface area contributed by atoms with Crippen LogP contribution in [0, 0.1) is 5.92 Å². The number of fused-ring (bicyclic) bond motifs is 4. The van der Waals surface area contributed by atoms with E-state index in [1.54, 1.807) is 0 Å². The van der Waals surface area contributed by atoms with Crippen LogP contribution in [0.5, 0.6) is 0 Å². The van der Waals surface area contributed by atoms with Crippen molar-refractivity contribution in [3.63, 3.8) is 0 Å². The predicted octanol–water partition coefficient (Wildman–Crippen LogP) is 3.13. The lowest BCUT2D eigenvalue weighted by atomic mass is 9.94. The number of pyridine rings is 1. The van der Waals surface area contributed by atoms with E-state index in [0.717, 1.165) is 49.4 Å². The van der Waals surface area contributed by atoms with Crippen LogP contribution in [0.1, 0.15) is 36.7 Å². The molecule has 3 saturated heterocycles. The van der Waals surface area contributed by atoms with Gasteiger partial charge in [0, 0.05) is 57.6 Å². The zero-order valence-corrected chi connectivity index (χ0v) is 16.5. The fourth-order valence-electron chi connectivity index (χ4n) is 4.56. The van der Waals surface area contributed by atoms with Crippen LogP contribution in [0.2, 0.25) is 5.15 Å². The second-order valence-electron chi connectivity index (χ2n) is 7.74. The van der Waals surface area contributed by atoms with Crippen molar-refractivity contribution in [1.29, 1.82) is 0 Å². The zero-order valence-electron chi connectivity index (χ0n) is 15.7. The van der Waals surface area contributed by atoms with Gasteiger partial charge in [0.1, 0.15) is 5.15 Å². The average Bonchev–Trinajstić information content (AvgIpc) is 2.81. The molecule has 2 unspecified atom stereocenters. The Hall–Kier alpha value is -1.43. The molecule has 5 nitrogen and oxygen atoms in total. The van der Waals surface area contributed by atoms with Crippen LogP contribution < -0.4 is 0 Å². The highest BCUT2D eigenvalue weighted by molar-refractivity contribution is 6.30. The minimum Gasteiger partial charge on any atom is -0.296 e. The molecular weight excluding hydrogens is 346 g/mol. The fourth-order valence-corrected chi connectivity index (χ4v) is 4.77. The van der Waals surface area contributed by atoms with Crippen molar-refractivity contribution in [2.45, 2.75) is 45.3 Å². The Bertz CT molecular complexity index is 744. The second-order valence-corrected chi connectivity index (χ2v) is 8.09. The molecule has 6 heteroatoms. The first-order valence-corrected chi connectivity index (χ1v) is 10.1. The lowest BCUT2D eigenvalue weighted by Gasteiger charge is -2.36. The third kappa shape index (κ3) is 3.66. The topological polar surface area (TPSA) is 37.2 Å². The summed E-state index contributed by atoms with van der Waals surface area (Å²) in [6.07, 6.45) is 5.44. The molecule has 0 aromatic carbocycles. The van der Waals surface area contributed by atoms with Crippen LogP contribution in [0.4, 0.5) is 0 Å². The van der Waals surface area contributed by atoms with Gasteiger partial charge in [-0.25, -0.2) is 0 Å². The maximum atomic E-state index is 6.55. The van der Waals surface area contributed by atoms with Gasteiger partial charge in [-0.2, -0.15) is 5.10 Å². The first-order valence-electron chi connectivity index (χ1n) is 9.70. The molecule has 0 N–H and O–H groups in total. The van der Waals surface area contributed by atoms with Gasteiger partial charge in [0.05, 0.1) is 11.4 Å². The summed E-state index contributed by atoms with van der Waals surface area (Å²) in [7, 11) is 1.94. The quantitative estimate of drug-likeness (QED) is 0.806. The molecule has 5 heterocycles. The first-order chi connectivity index (χ1) is 12.6. The van der Waals surface area contributed by atoms with Crippen LogP contribution in [-0.2, 0) is 26.6 Å². The molecule has 2 aromatic rings. The van der Waals surface area contributed by atoms with Crippen molar-refractivity contribution in [1.82, 2.24) is 24.6 Å². The summed E-state index contributed by atoms with van der Waals surface area (Å²) in [5.74, 6) is 0.734. The fraction of sp³-hybridized carbons (Fsp3) is 0.600. The molecule has 140 valence electrons. The predicted molar refractivity (Wildman–Crippen MR) is 104 cm³/mol. The van der Waals surface area contributed by atoms with E-state index < -0.39 is 0 Å². The maximum absolute atomic E-state index is 6.55. The van der Waals surface area contributed by atoms with Crippen molar-refractivity contribution < 1.29 is 0 Å². The summed E-state index contributed by atoms with van der Waals surface area (Å²) < 4.78 is 1.82. The Morgan fingerprint density at radius 2 is 2.04 bits per heavy atom. The van der Waals surface area contributed by atoms with Gasteiger partial charge in [-0.15, -0.1) is 0 Å². The summed E-state index contributed by atoms with van der Waals surface area (Å²) in [5.41, 5.74) is 3.53. The first kappa shape index (κ1) is 18.0. The van der Waals surface area contributed by atoms with Gasteiger partial charge in [-0.1, -0.05) is 24.6 Å². The molecule has 5 rings (SSSR count). The molecule has 0 spiro atoms. The number of halogens is 1. The van der Waals surface area contributed by atoms with Gasteiger partial charge in [0.15, 0.2) is 0 Å². The third-order valence-electron chi connectivity index (χ3n) is 5.86. The number of aromatic nitrogens is 3. The van der Waals surface area contributed by atoms with E-state index in [2.05, 4.69) is 38.9 Å². The Balaban J connectivity index is 1.49. The highest BCUT2D eigenvalue weighted by Gasteiger charge is 2.35. The Labute approximate surface area is 161 Å². The molecule has 0 amide bonds. The number of hydrogen-bond donors (Lipinski definition) is 0. The SMILES string of the molecule is CCc1nn(C)c(Cl)c1CN1CC2CCC1CN(Cc1ccccn1)C2. The Kier molecular flexibility index (Phi) is 5.30. The molecule has 3 aliphatic rings.